The highest BCUT2D eigenvalue weighted by Gasteiger charge is 1.98. The zero-order valence-electron chi connectivity index (χ0n) is 5.00. The fourth-order valence-electron chi connectivity index (χ4n) is 0.520. The SMILES string of the molecule is ClC(Cl)Oc1cccnc1. The summed E-state index contributed by atoms with van der Waals surface area (Å²) in [5.74, 6) is 0.567. The molecule has 0 saturated carbocycles. The second-order valence-corrected chi connectivity index (χ2v) is 2.58. The predicted octanol–water partition coefficient (Wildman–Crippen LogP) is 2.22. The average Bonchev–Trinajstić information content (AvgIpc) is 1.88. The summed E-state index contributed by atoms with van der Waals surface area (Å²) in [5.41, 5.74) is 0. The molecule has 2 nitrogen and oxygen atoms in total. The Morgan fingerprint density at radius 1 is 1.50 bits per heavy atom. The molecule has 0 aliphatic rings. The maximum absolute atomic E-state index is 5.33. The molecule has 0 aliphatic carbocycles. The van der Waals surface area contributed by atoms with Crippen molar-refractivity contribution in [3.63, 3.8) is 0 Å². The molecule has 0 aliphatic heterocycles. The van der Waals surface area contributed by atoms with Crippen LogP contribution < -0.4 is 4.74 Å². The molecule has 0 bridgehead atoms. The van der Waals surface area contributed by atoms with Crippen molar-refractivity contribution < 1.29 is 4.74 Å². The number of nitrogens with zero attached hydrogens (tertiary/aromatic N) is 1. The van der Waals surface area contributed by atoms with E-state index in [1.54, 1.807) is 18.3 Å². The lowest BCUT2D eigenvalue weighted by Crippen LogP contribution is -1.98. The van der Waals surface area contributed by atoms with Crippen molar-refractivity contribution in [2.45, 2.75) is 5.02 Å². The molecule has 4 heteroatoms. The Balaban J connectivity index is 2.59. The summed E-state index contributed by atoms with van der Waals surface area (Å²) >= 11 is 10.7. The van der Waals surface area contributed by atoms with E-state index in [4.69, 9.17) is 27.9 Å². The largest absolute Gasteiger partial charge is 0.459 e. The van der Waals surface area contributed by atoms with E-state index in [0.29, 0.717) is 5.75 Å². The van der Waals surface area contributed by atoms with Crippen LogP contribution >= 0.6 is 23.2 Å². The van der Waals surface area contributed by atoms with Gasteiger partial charge in [-0.1, -0.05) is 23.2 Å². The minimum atomic E-state index is -0.829. The molecule has 1 rings (SSSR count). The van der Waals surface area contributed by atoms with Crippen molar-refractivity contribution in [3.8, 4) is 5.75 Å². The number of hydrogen-bond donors (Lipinski definition) is 0. The molecular weight excluding hydrogens is 173 g/mol. The number of hydrogen-bond acceptors (Lipinski definition) is 2. The third kappa shape index (κ3) is 2.42. The standard InChI is InChI=1S/C6H5Cl2NO/c7-6(8)10-5-2-1-3-9-4-5/h1-4,6H. The van der Waals surface area contributed by atoms with Crippen LogP contribution in [0.5, 0.6) is 5.75 Å². The quantitative estimate of drug-likeness (QED) is 0.647. The summed E-state index contributed by atoms with van der Waals surface area (Å²) in [6, 6.07) is 3.47. The van der Waals surface area contributed by atoms with Gasteiger partial charge in [0.15, 0.2) is 0 Å². The summed E-state index contributed by atoms with van der Waals surface area (Å²) in [5, 5.41) is -0.829. The van der Waals surface area contributed by atoms with Crippen molar-refractivity contribution in [2.24, 2.45) is 0 Å². The fourth-order valence-corrected chi connectivity index (χ4v) is 0.725. The highest BCUT2D eigenvalue weighted by molar-refractivity contribution is 6.43. The Morgan fingerprint density at radius 2 is 2.30 bits per heavy atom. The van der Waals surface area contributed by atoms with E-state index in [9.17, 15) is 0 Å². The zero-order valence-corrected chi connectivity index (χ0v) is 6.51. The van der Waals surface area contributed by atoms with Crippen LogP contribution in [-0.2, 0) is 0 Å². The van der Waals surface area contributed by atoms with Gasteiger partial charge in [0.05, 0.1) is 6.20 Å². The molecule has 1 heterocycles. The first-order valence-corrected chi connectivity index (χ1v) is 3.51. The van der Waals surface area contributed by atoms with Gasteiger partial charge in [-0.05, 0) is 12.1 Å². The highest BCUT2D eigenvalue weighted by atomic mass is 35.5. The van der Waals surface area contributed by atoms with Crippen molar-refractivity contribution in [1.82, 2.24) is 4.98 Å². The Morgan fingerprint density at radius 3 is 2.80 bits per heavy atom. The molecule has 10 heavy (non-hydrogen) atoms. The van der Waals surface area contributed by atoms with Crippen molar-refractivity contribution >= 4 is 23.2 Å². The van der Waals surface area contributed by atoms with Crippen LogP contribution in [-0.4, -0.2) is 10.0 Å². The molecule has 0 unspecified atom stereocenters. The van der Waals surface area contributed by atoms with Gasteiger partial charge in [0, 0.05) is 6.20 Å². The van der Waals surface area contributed by atoms with Gasteiger partial charge in [-0.2, -0.15) is 0 Å². The second-order valence-electron chi connectivity index (χ2n) is 1.57. The van der Waals surface area contributed by atoms with E-state index in [1.807, 2.05) is 0 Å². The van der Waals surface area contributed by atoms with Gasteiger partial charge in [0.25, 0.3) is 0 Å². The van der Waals surface area contributed by atoms with E-state index in [1.165, 1.54) is 6.20 Å². The van der Waals surface area contributed by atoms with Crippen LogP contribution in [0.3, 0.4) is 0 Å². The maximum Gasteiger partial charge on any atom is 0.247 e. The van der Waals surface area contributed by atoms with Gasteiger partial charge in [-0.25, -0.2) is 0 Å². The molecule has 0 radical (unpaired) electrons. The lowest BCUT2D eigenvalue weighted by atomic mass is 10.5. The van der Waals surface area contributed by atoms with Crippen molar-refractivity contribution in [1.29, 1.82) is 0 Å². The number of halogens is 2. The number of pyridine rings is 1. The third-order valence-electron chi connectivity index (χ3n) is 0.860. The van der Waals surface area contributed by atoms with E-state index >= 15 is 0 Å². The highest BCUT2D eigenvalue weighted by Crippen LogP contribution is 2.12. The topological polar surface area (TPSA) is 22.1 Å². The lowest BCUT2D eigenvalue weighted by Gasteiger charge is -2.03. The smallest absolute Gasteiger partial charge is 0.247 e. The summed E-state index contributed by atoms with van der Waals surface area (Å²) in [6.07, 6.45) is 3.18. The van der Waals surface area contributed by atoms with Gasteiger partial charge in [0.2, 0.25) is 5.02 Å². The summed E-state index contributed by atoms with van der Waals surface area (Å²) in [4.78, 5) is 3.80. The minimum absolute atomic E-state index is 0.567. The molecule has 0 saturated heterocycles. The van der Waals surface area contributed by atoms with Crippen molar-refractivity contribution in [2.75, 3.05) is 0 Å². The predicted molar refractivity (Wildman–Crippen MR) is 40.4 cm³/mol. The monoisotopic (exact) mass is 177 g/mol. The first-order valence-electron chi connectivity index (χ1n) is 2.64. The molecule has 0 atom stereocenters. The number of ether oxygens (including phenoxy) is 1. The fraction of sp³-hybridized carbons (Fsp3) is 0.167. The van der Waals surface area contributed by atoms with Gasteiger partial charge < -0.3 is 4.74 Å². The molecule has 0 N–H and O–H groups in total. The van der Waals surface area contributed by atoms with Crippen LogP contribution in [0.25, 0.3) is 0 Å². The third-order valence-corrected chi connectivity index (χ3v) is 1.04. The lowest BCUT2D eigenvalue weighted by molar-refractivity contribution is 0.353. The van der Waals surface area contributed by atoms with Crippen molar-refractivity contribution in [3.05, 3.63) is 24.5 Å². The van der Waals surface area contributed by atoms with Crippen LogP contribution in [0.2, 0.25) is 0 Å². The Hall–Kier alpha value is -0.470. The second kappa shape index (κ2) is 3.64. The van der Waals surface area contributed by atoms with Crippen LogP contribution in [0.4, 0.5) is 0 Å². The van der Waals surface area contributed by atoms with Crippen LogP contribution in [0, 0.1) is 0 Å². The van der Waals surface area contributed by atoms with E-state index in [-0.39, 0.29) is 0 Å². The molecule has 1 aromatic rings. The normalized spacial score (nSPS) is 9.90. The van der Waals surface area contributed by atoms with Gasteiger partial charge in [-0.15, -0.1) is 0 Å². The number of rotatable bonds is 2. The van der Waals surface area contributed by atoms with Crippen LogP contribution in [0.1, 0.15) is 0 Å². The molecule has 54 valence electrons. The summed E-state index contributed by atoms with van der Waals surface area (Å²) in [6.45, 7) is 0. The van der Waals surface area contributed by atoms with Gasteiger partial charge >= 0.3 is 0 Å². The Kier molecular flexibility index (Phi) is 2.78. The van der Waals surface area contributed by atoms with Crippen LogP contribution in [0.15, 0.2) is 24.5 Å². The summed E-state index contributed by atoms with van der Waals surface area (Å²) in [7, 11) is 0. The van der Waals surface area contributed by atoms with Gasteiger partial charge in [-0.3, -0.25) is 4.98 Å². The van der Waals surface area contributed by atoms with E-state index in [0.717, 1.165) is 0 Å². The Bertz CT molecular complexity index is 190. The average molecular weight is 178 g/mol. The zero-order chi connectivity index (χ0) is 7.40. The van der Waals surface area contributed by atoms with Gasteiger partial charge in [0.1, 0.15) is 5.75 Å². The van der Waals surface area contributed by atoms with E-state index in [2.05, 4.69) is 4.98 Å². The molecular formula is C6H5Cl2NO. The number of aromatic nitrogens is 1. The number of alkyl halides is 2. The molecule has 0 fully saturated rings. The first kappa shape index (κ1) is 7.63. The van der Waals surface area contributed by atoms with E-state index < -0.39 is 5.02 Å². The Labute approximate surface area is 68.7 Å². The molecule has 0 amide bonds. The maximum atomic E-state index is 5.33. The molecule has 0 spiro atoms. The minimum Gasteiger partial charge on any atom is -0.459 e. The molecule has 0 aromatic carbocycles. The molecule has 1 aromatic heterocycles. The summed E-state index contributed by atoms with van der Waals surface area (Å²) < 4.78 is 4.88. The first-order chi connectivity index (χ1) is 4.79.